The van der Waals surface area contributed by atoms with Gasteiger partial charge in [-0.2, -0.15) is 0 Å². The van der Waals surface area contributed by atoms with E-state index < -0.39 is 11.9 Å². The molecule has 0 aliphatic rings. The van der Waals surface area contributed by atoms with Crippen LogP contribution in [0.2, 0.25) is 5.02 Å². The molecular formula is C12H17Cl2N3O2. The molecule has 0 aromatic heterocycles. The Morgan fingerprint density at radius 3 is 2.37 bits per heavy atom. The molecule has 0 aliphatic heterocycles. The van der Waals surface area contributed by atoms with Crippen molar-refractivity contribution in [3.05, 3.63) is 28.8 Å². The zero-order chi connectivity index (χ0) is 13.9. The minimum Gasteiger partial charge on any atom is -0.366 e. The number of hydrogen-bond donors (Lipinski definition) is 3. The SMILES string of the molecule is CC(C)[C@H](N)C(=O)Nc1ccc(Cl)c(C(N)=O)c1.Cl. The van der Waals surface area contributed by atoms with Gasteiger partial charge in [0.05, 0.1) is 16.6 Å². The second-order valence-electron chi connectivity index (χ2n) is 4.32. The topological polar surface area (TPSA) is 98.2 Å². The van der Waals surface area contributed by atoms with E-state index in [1.54, 1.807) is 6.07 Å². The molecule has 106 valence electrons. The minimum absolute atomic E-state index is 0. The lowest BCUT2D eigenvalue weighted by molar-refractivity contribution is -0.118. The van der Waals surface area contributed by atoms with Gasteiger partial charge in [-0.1, -0.05) is 25.4 Å². The van der Waals surface area contributed by atoms with E-state index in [-0.39, 0.29) is 34.8 Å². The van der Waals surface area contributed by atoms with E-state index in [2.05, 4.69) is 5.32 Å². The van der Waals surface area contributed by atoms with Crippen LogP contribution in [0.25, 0.3) is 0 Å². The Labute approximate surface area is 123 Å². The minimum atomic E-state index is -0.649. The Bertz CT molecular complexity index is 478. The van der Waals surface area contributed by atoms with Crippen molar-refractivity contribution in [1.29, 1.82) is 0 Å². The van der Waals surface area contributed by atoms with E-state index in [0.717, 1.165) is 0 Å². The molecule has 7 heteroatoms. The van der Waals surface area contributed by atoms with Crippen molar-refractivity contribution in [3.8, 4) is 0 Å². The van der Waals surface area contributed by atoms with Crippen LogP contribution in [0, 0.1) is 5.92 Å². The van der Waals surface area contributed by atoms with Crippen molar-refractivity contribution >= 4 is 41.5 Å². The molecule has 0 heterocycles. The van der Waals surface area contributed by atoms with Crippen molar-refractivity contribution in [2.45, 2.75) is 19.9 Å². The number of halogens is 2. The van der Waals surface area contributed by atoms with E-state index >= 15 is 0 Å². The lowest BCUT2D eigenvalue weighted by Gasteiger charge is -2.15. The second-order valence-corrected chi connectivity index (χ2v) is 4.73. The van der Waals surface area contributed by atoms with E-state index in [9.17, 15) is 9.59 Å². The predicted molar refractivity (Wildman–Crippen MR) is 78.7 cm³/mol. The largest absolute Gasteiger partial charge is 0.366 e. The number of nitrogens with one attached hydrogen (secondary N) is 1. The number of carbonyl (C=O) groups excluding carboxylic acids is 2. The van der Waals surface area contributed by atoms with Crippen molar-refractivity contribution < 1.29 is 9.59 Å². The van der Waals surface area contributed by atoms with Crippen LogP contribution in [0.5, 0.6) is 0 Å². The molecule has 5 N–H and O–H groups in total. The molecular weight excluding hydrogens is 289 g/mol. The van der Waals surface area contributed by atoms with E-state index in [1.807, 2.05) is 13.8 Å². The lowest BCUT2D eigenvalue weighted by Crippen LogP contribution is -2.39. The summed E-state index contributed by atoms with van der Waals surface area (Å²) in [4.78, 5) is 22.8. The summed E-state index contributed by atoms with van der Waals surface area (Å²) in [6.07, 6.45) is 0. The zero-order valence-corrected chi connectivity index (χ0v) is 12.2. The van der Waals surface area contributed by atoms with E-state index in [1.165, 1.54) is 12.1 Å². The summed E-state index contributed by atoms with van der Waals surface area (Å²) in [5.74, 6) is -0.945. The second kappa shape index (κ2) is 7.33. The van der Waals surface area contributed by atoms with Gasteiger partial charge >= 0.3 is 0 Å². The number of nitrogens with two attached hydrogens (primary N) is 2. The molecule has 1 rings (SSSR count). The van der Waals surface area contributed by atoms with Crippen LogP contribution in [-0.4, -0.2) is 17.9 Å². The molecule has 0 saturated carbocycles. The van der Waals surface area contributed by atoms with Crippen LogP contribution >= 0.6 is 24.0 Å². The fourth-order valence-electron chi connectivity index (χ4n) is 1.32. The fraction of sp³-hybridized carbons (Fsp3) is 0.333. The Morgan fingerprint density at radius 2 is 1.89 bits per heavy atom. The normalized spacial score (nSPS) is 11.6. The highest BCUT2D eigenvalue weighted by Crippen LogP contribution is 2.20. The fourth-order valence-corrected chi connectivity index (χ4v) is 1.53. The highest BCUT2D eigenvalue weighted by atomic mass is 35.5. The number of carbonyl (C=O) groups is 2. The summed E-state index contributed by atoms with van der Waals surface area (Å²) in [5, 5.41) is 2.86. The first kappa shape index (κ1) is 17.7. The molecule has 0 spiro atoms. The van der Waals surface area contributed by atoms with Gasteiger partial charge in [-0.3, -0.25) is 9.59 Å². The molecule has 1 aromatic rings. The summed E-state index contributed by atoms with van der Waals surface area (Å²) in [5.41, 5.74) is 11.5. The van der Waals surface area contributed by atoms with Crippen LogP contribution in [0.4, 0.5) is 5.69 Å². The maximum atomic E-state index is 11.7. The molecule has 1 atom stereocenters. The molecule has 0 aliphatic carbocycles. The van der Waals surface area contributed by atoms with Crippen molar-refractivity contribution in [3.63, 3.8) is 0 Å². The number of rotatable bonds is 4. The molecule has 1 aromatic carbocycles. The number of amides is 2. The molecule has 0 fully saturated rings. The van der Waals surface area contributed by atoms with Gasteiger partial charge in [0.25, 0.3) is 0 Å². The average Bonchev–Trinajstić information content (AvgIpc) is 2.29. The first-order valence-corrected chi connectivity index (χ1v) is 5.86. The van der Waals surface area contributed by atoms with Crippen LogP contribution in [0.3, 0.4) is 0 Å². The summed E-state index contributed by atoms with van der Waals surface area (Å²) in [6, 6.07) is 3.89. The third-order valence-electron chi connectivity index (χ3n) is 2.52. The molecule has 0 saturated heterocycles. The number of benzene rings is 1. The summed E-state index contributed by atoms with van der Waals surface area (Å²) < 4.78 is 0. The molecule has 2 amide bonds. The molecule has 0 radical (unpaired) electrons. The average molecular weight is 306 g/mol. The Morgan fingerprint density at radius 1 is 1.32 bits per heavy atom. The number of anilines is 1. The lowest BCUT2D eigenvalue weighted by atomic mass is 10.0. The van der Waals surface area contributed by atoms with Gasteiger partial charge < -0.3 is 16.8 Å². The number of hydrogen-bond acceptors (Lipinski definition) is 3. The molecule has 0 unspecified atom stereocenters. The molecule has 0 bridgehead atoms. The van der Waals surface area contributed by atoms with Crippen molar-refractivity contribution in [1.82, 2.24) is 0 Å². The Hall–Kier alpha value is -1.30. The monoisotopic (exact) mass is 305 g/mol. The van der Waals surface area contributed by atoms with Gasteiger partial charge in [0.15, 0.2) is 0 Å². The third kappa shape index (κ3) is 4.70. The van der Waals surface area contributed by atoms with Crippen LogP contribution in [0.15, 0.2) is 18.2 Å². The summed E-state index contributed by atoms with van der Waals surface area (Å²) in [6.45, 7) is 3.70. The van der Waals surface area contributed by atoms with Gasteiger partial charge in [-0.05, 0) is 24.1 Å². The first-order valence-electron chi connectivity index (χ1n) is 5.48. The Balaban J connectivity index is 0.00000324. The maximum absolute atomic E-state index is 11.7. The van der Waals surface area contributed by atoms with Crippen LogP contribution < -0.4 is 16.8 Å². The van der Waals surface area contributed by atoms with Crippen LogP contribution in [-0.2, 0) is 4.79 Å². The highest BCUT2D eigenvalue weighted by Gasteiger charge is 2.17. The predicted octanol–water partition coefficient (Wildman–Crippen LogP) is 1.78. The summed E-state index contributed by atoms with van der Waals surface area (Å²) in [7, 11) is 0. The quantitative estimate of drug-likeness (QED) is 0.790. The van der Waals surface area contributed by atoms with Gasteiger partial charge in [0, 0.05) is 5.69 Å². The van der Waals surface area contributed by atoms with E-state index in [0.29, 0.717) is 5.69 Å². The van der Waals surface area contributed by atoms with Gasteiger partial charge in [-0.25, -0.2) is 0 Å². The standard InChI is InChI=1S/C12H16ClN3O2.ClH/c1-6(2)10(14)12(18)16-7-3-4-9(13)8(5-7)11(15)17;/h3-6,10H,14H2,1-2H3,(H2,15,17)(H,16,18);1H/t10-;/m0./s1. The smallest absolute Gasteiger partial charge is 0.250 e. The maximum Gasteiger partial charge on any atom is 0.250 e. The molecule has 19 heavy (non-hydrogen) atoms. The first-order chi connectivity index (χ1) is 8.32. The highest BCUT2D eigenvalue weighted by molar-refractivity contribution is 6.34. The van der Waals surface area contributed by atoms with Crippen molar-refractivity contribution in [2.75, 3.05) is 5.32 Å². The summed E-state index contributed by atoms with van der Waals surface area (Å²) >= 11 is 5.80. The zero-order valence-electron chi connectivity index (χ0n) is 10.6. The van der Waals surface area contributed by atoms with Gasteiger partial charge in [0.2, 0.25) is 11.8 Å². The van der Waals surface area contributed by atoms with Gasteiger partial charge in [-0.15, -0.1) is 12.4 Å². The van der Waals surface area contributed by atoms with Crippen molar-refractivity contribution in [2.24, 2.45) is 17.4 Å². The van der Waals surface area contributed by atoms with Gasteiger partial charge in [0.1, 0.15) is 0 Å². The van der Waals surface area contributed by atoms with Crippen LogP contribution in [0.1, 0.15) is 24.2 Å². The molecule has 5 nitrogen and oxygen atoms in total. The van der Waals surface area contributed by atoms with E-state index in [4.69, 9.17) is 23.1 Å². The number of primary amides is 1. The third-order valence-corrected chi connectivity index (χ3v) is 2.85. The Kier molecular flexibility index (Phi) is 6.83.